The first-order valence-corrected chi connectivity index (χ1v) is 5.51. The van der Waals surface area contributed by atoms with Crippen LogP contribution in [-0.2, 0) is 0 Å². The molecule has 18 heavy (non-hydrogen) atoms. The number of benzene rings is 2. The summed E-state index contributed by atoms with van der Waals surface area (Å²) in [6, 6.07) is 14.1. The van der Waals surface area contributed by atoms with Gasteiger partial charge in [0.2, 0.25) is 0 Å². The summed E-state index contributed by atoms with van der Waals surface area (Å²) in [4.78, 5) is 14.4. The predicted molar refractivity (Wildman–Crippen MR) is 71.5 cm³/mol. The van der Waals surface area contributed by atoms with Gasteiger partial charge in [0.25, 0.3) is 5.69 Å². The summed E-state index contributed by atoms with van der Waals surface area (Å²) < 4.78 is 0. The van der Waals surface area contributed by atoms with E-state index in [1.54, 1.807) is 18.3 Å². The zero-order chi connectivity index (χ0) is 13.0. The fraction of sp³-hybridized carbons (Fsp3) is 0.0714. The van der Waals surface area contributed by atoms with Crippen LogP contribution in [0.4, 0.5) is 11.4 Å². The van der Waals surface area contributed by atoms with E-state index in [9.17, 15) is 10.1 Å². The maximum absolute atomic E-state index is 10.5. The van der Waals surface area contributed by atoms with E-state index >= 15 is 0 Å². The Kier molecular flexibility index (Phi) is 3.48. The summed E-state index contributed by atoms with van der Waals surface area (Å²) in [5, 5.41) is 10.5. The second kappa shape index (κ2) is 5.23. The zero-order valence-corrected chi connectivity index (χ0v) is 9.91. The second-order valence-electron chi connectivity index (χ2n) is 3.89. The van der Waals surface area contributed by atoms with Crippen LogP contribution in [-0.4, -0.2) is 11.1 Å². The normalized spacial score (nSPS) is 10.7. The Balaban J connectivity index is 2.19. The van der Waals surface area contributed by atoms with E-state index in [4.69, 9.17) is 0 Å². The number of hydrogen-bond donors (Lipinski definition) is 0. The lowest BCUT2D eigenvalue weighted by Gasteiger charge is -1.98. The fourth-order valence-corrected chi connectivity index (χ4v) is 1.54. The molecule has 0 aliphatic heterocycles. The van der Waals surface area contributed by atoms with Crippen molar-refractivity contribution in [1.29, 1.82) is 0 Å². The fourth-order valence-electron chi connectivity index (χ4n) is 1.54. The lowest BCUT2D eigenvalue weighted by molar-refractivity contribution is -0.384. The van der Waals surface area contributed by atoms with E-state index < -0.39 is 4.92 Å². The maximum Gasteiger partial charge on any atom is 0.269 e. The van der Waals surface area contributed by atoms with E-state index in [0.717, 1.165) is 11.1 Å². The summed E-state index contributed by atoms with van der Waals surface area (Å²) >= 11 is 0. The van der Waals surface area contributed by atoms with Crippen molar-refractivity contribution in [3.63, 3.8) is 0 Å². The van der Waals surface area contributed by atoms with Gasteiger partial charge in [-0.25, -0.2) is 0 Å². The smallest absolute Gasteiger partial charge is 0.258 e. The van der Waals surface area contributed by atoms with Gasteiger partial charge in [-0.15, -0.1) is 0 Å². The molecule has 0 unspecified atom stereocenters. The average molecular weight is 240 g/mol. The highest BCUT2D eigenvalue weighted by Crippen LogP contribution is 2.18. The largest absolute Gasteiger partial charge is 0.269 e. The Morgan fingerprint density at radius 2 is 1.78 bits per heavy atom. The molecule has 0 aromatic heterocycles. The Labute approximate surface area is 105 Å². The highest BCUT2D eigenvalue weighted by atomic mass is 16.6. The molecule has 4 nitrogen and oxygen atoms in total. The highest BCUT2D eigenvalue weighted by molar-refractivity contribution is 5.83. The zero-order valence-electron chi connectivity index (χ0n) is 9.91. The van der Waals surface area contributed by atoms with E-state index in [2.05, 4.69) is 4.99 Å². The summed E-state index contributed by atoms with van der Waals surface area (Å²) in [5.41, 5.74) is 2.95. The lowest BCUT2D eigenvalue weighted by Crippen LogP contribution is -1.86. The van der Waals surface area contributed by atoms with Gasteiger partial charge < -0.3 is 0 Å². The molecule has 0 radical (unpaired) electrons. The maximum atomic E-state index is 10.5. The predicted octanol–water partition coefficient (Wildman–Crippen LogP) is 3.65. The number of non-ortho nitro benzene ring substituents is 1. The van der Waals surface area contributed by atoms with Gasteiger partial charge in [-0.2, -0.15) is 0 Å². The molecule has 0 aliphatic rings. The van der Waals surface area contributed by atoms with Crippen LogP contribution in [0.15, 0.2) is 53.5 Å². The Morgan fingerprint density at radius 3 is 2.39 bits per heavy atom. The van der Waals surface area contributed by atoms with Crippen molar-refractivity contribution in [2.24, 2.45) is 4.99 Å². The van der Waals surface area contributed by atoms with Gasteiger partial charge in [0.15, 0.2) is 0 Å². The average Bonchev–Trinajstić information content (AvgIpc) is 2.38. The van der Waals surface area contributed by atoms with Crippen LogP contribution in [0.5, 0.6) is 0 Å². The molecule has 0 amide bonds. The topological polar surface area (TPSA) is 55.5 Å². The number of rotatable bonds is 3. The standard InChI is InChI=1S/C14H12N2O2/c1-11-4-2-3-5-12(11)10-15-13-6-8-14(9-7-13)16(17)18/h2-10H,1H3. The first-order valence-electron chi connectivity index (χ1n) is 5.51. The van der Waals surface area contributed by atoms with Gasteiger partial charge in [0, 0.05) is 18.3 Å². The number of aliphatic imine (C=N–C) groups is 1. The molecule has 0 aliphatic carbocycles. The van der Waals surface area contributed by atoms with Crippen LogP contribution in [0.2, 0.25) is 0 Å². The summed E-state index contributed by atoms with van der Waals surface area (Å²) in [6.07, 6.45) is 1.76. The Bertz CT molecular complexity index is 589. The van der Waals surface area contributed by atoms with Crippen molar-refractivity contribution in [1.82, 2.24) is 0 Å². The Hall–Kier alpha value is -2.49. The van der Waals surface area contributed by atoms with Crippen LogP contribution < -0.4 is 0 Å². The molecule has 0 atom stereocenters. The number of aryl methyl sites for hydroxylation is 1. The van der Waals surface area contributed by atoms with Crippen molar-refractivity contribution >= 4 is 17.6 Å². The second-order valence-corrected chi connectivity index (χ2v) is 3.89. The molecular formula is C14H12N2O2. The summed E-state index contributed by atoms with van der Waals surface area (Å²) in [6.45, 7) is 2.01. The van der Waals surface area contributed by atoms with Crippen LogP contribution in [0.25, 0.3) is 0 Å². The van der Waals surface area contributed by atoms with Crippen LogP contribution in [0.3, 0.4) is 0 Å². The van der Waals surface area contributed by atoms with E-state index in [-0.39, 0.29) is 5.69 Å². The SMILES string of the molecule is Cc1ccccc1C=Nc1ccc([N+](=O)[O-])cc1. The minimum atomic E-state index is -0.422. The molecule has 2 aromatic rings. The Morgan fingerprint density at radius 1 is 1.11 bits per heavy atom. The van der Waals surface area contributed by atoms with E-state index in [0.29, 0.717) is 5.69 Å². The van der Waals surface area contributed by atoms with Gasteiger partial charge in [0.05, 0.1) is 10.6 Å². The molecule has 0 heterocycles. The monoisotopic (exact) mass is 240 g/mol. The van der Waals surface area contributed by atoms with Gasteiger partial charge in [-0.05, 0) is 30.2 Å². The molecule has 0 bridgehead atoms. The van der Waals surface area contributed by atoms with Crippen LogP contribution in [0.1, 0.15) is 11.1 Å². The van der Waals surface area contributed by atoms with Gasteiger partial charge >= 0.3 is 0 Å². The molecule has 90 valence electrons. The number of nitro groups is 1. The van der Waals surface area contributed by atoms with Crippen molar-refractivity contribution in [3.8, 4) is 0 Å². The summed E-state index contributed by atoms with van der Waals surface area (Å²) in [5.74, 6) is 0. The third-order valence-corrected chi connectivity index (χ3v) is 2.60. The van der Waals surface area contributed by atoms with Gasteiger partial charge in [-0.3, -0.25) is 15.1 Å². The highest BCUT2D eigenvalue weighted by Gasteiger charge is 2.02. The van der Waals surface area contributed by atoms with Crippen molar-refractivity contribution in [3.05, 3.63) is 69.8 Å². The van der Waals surface area contributed by atoms with Crippen molar-refractivity contribution < 1.29 is 4.92 Å². The van der Waals surface area contributed by atoms with Crippen molar-refractivity contribution in [2.45, 2.75) is 6.92 Å². The molecule has 0 N–H and O–H groups in total. The molecule has 0 saturated heterocycles. The first kappa shape index (κ1) is 12.0. The third-order valence-electron chi connectivity index (χ3n) is 2.60. The van der Waals surface area contributed by atoms with E-state index in [1.807, 2.05) is 31.2 Å². The van der Waals surface area contributed by atoms with Gasteiger partial charge in [0.1, 0.15) is 0 Å². The molecule has 0 spiro atoms. The minimum absolute atomic E-state index is 0.0739. The minimum Gasteiger partial charge on any atom is -0.258 e. The summed E-state index contributed by atoms with van der Waals surface area (Å²) in [7, 11) is 0. The molecule has 4 heteroatoms. The number of hydrogen-bond acceptors (Lipinski definition) is 3. The molecular weight excluding hydrogens is 228 g/mol. The van der Waals surface area contributed by atoms with E-state index in [1.165, 1.54) is 12.1 Å². The van der Waals surface area contributed by atoms with Crippen molar-refractivity contribution in [2.75, 3.05) is 0 Å². The quantitative estimate of drug-likeness (QED) is 0.467. The number of nitrogens with zero attached hydrogens (tertiary/aromatic N) is 2. The number of nitro benzene ring substituents is 1. The first-order chi connectivity index (χ1) is 8.66. The van der Waals surface area contributed by atoms with Gasteiger partial charge in [-0.1, -0.05) is 24.3 Å². The molecule has 0 fully saturated rings. The third kappa shape index (κ3) is 2.79. The molecule has 2 rings (SSSR count). The lowest BCUT2D eigenvalue weighted by atomic mass is 10.1. The molecule has 0 saturated carbocycles. The molecule has 2 aromatic carbocycles. The van der Waals surface area contributed by atoms with Crippen LogP contribution in [0, 0.1) is 17.0 Å². The van der Waals surface area contributed by atoms with Crippen LogP contribution >= 0.6 is 0 Å².